The molecule has 0 unspecified atom stereocenters. The third-order valence-corrected chi connectivity index (χ3v) is 4.40. The van der Waals surface area contributed by atoms with Crippen molar-refractivity contribution in [2.75, 3.05) is 26.4 Å². The molecule has 23 heavy (non-hydrogen) atoms. The van der Waals surface area contributed by atoms with Crippen molar-refractivity contribution >= 4 is 18.9 Å². The zero-order valence-corrected chi connectivity index (χ0v) is 14.8. The molecule has 1 saturated heterocycles. The first-order chi connectivity index (χ1) is 10.7. The molecule has 0 amide bonds. The third-order valence-electron chi connectivity index (χ3n) is 4.40. The second kappa shape index (κ2) is 6.51. The molecule has 1 aromatic rings. The number of nitrogens with two attached hydrogens (primary N) is 1. The fourth-order valence-electron chi connectivity index (χ4n) is 2.27. The van der Waals surface area contributed by atoms with Crippen LogP contribution in [0.2, 0.25) is 0 Å². The second-order valence-electron chi connectivity index (χ2n) is 6.67. The minimum atomic E-state index is -0.445. The van der Waals surface area contributed by atoms with Crippen LogP contribution in [-0.2, 0) is 9.31 Å². The molecule has 7 heteroatoms. The summed E-state index contributed by atoms with van der Waals surface area (Å²) in [5.74, 6) is 0.517. The lowest BCUT2D eigenvalue weighted by molar-refractivity contribution is 0.00578. The van der Waals surface area contributed by atoms with E-state index >= 15 is 0 Å². The van der Waals surface area contributed by atoms with Gasteiger partial charge in [0.1, 0.15) is 0 Å². The first kappa shape index (κ1) is 17.8. The first-order valence-electron chi connectivity index (χ1n) is 7.71. The number of aromatic nitrogens is 1. The van der Waals surface area contributed by atoms with Gasteiger partial charge in [0.05, 0.1) is 29.7 Å². The fraction of sp³-hybridized carbons (Fsp3) is 0.562. The van der Waals surface area contributed by atoms with Gasteiger partial charge in [0, 0.05) is 12.6 Å². The highest BCUT2D eigenvalue weighted by Gasteiger charge is 2.52. The van der Waals surface area contributed by atoms with Crippen molar-refractivity contribution in [1.29, 1.82) is 0 Å². The zero-order valence-electron chi connectivity index (χ0n) is 14.8. The summed E-state index contributed by atoms with van der Waals surface area (Å²) >= 11 is 0. The maximum absolute atomic E-state index is 6.12. The molecule has 3 N–H and O–H groups in total. The number of ether oxygens (including phenoxy) is 1. The van der Waals surface area contributed by atoms with E-state index < -0.39 is 18.3 Å². The quantitative estimate of drug-likeness (QED) is 0.807. The van der Waals surface area contributed by atoms with E-state index in [2.05, 4.69) is 10.3 Å². The molecule has 0 saturated carbocycles. The number of nitrogens with one attached hydrogen (secondary N) is 1. The van der Waals surface area contributed by atoms with E-state index in [4.69, 9.17) is 19.8 Å². The summed E-state index contributed by atoms with van der Waals surface area (Å²) in [6.45, 7) is 8.73. The van der Waals surface area contributed by atoms with E-state index in [-0.39, 0.29) is 0 Å². The van der Waals surface area contributed by atoms with Crippen molar-refractivity contribution in [2.24, 2.45) is 0 Å². The van der Waals surface area contributed by atoms with Gasteiger partial charge in [-0.1, -0.05) is 0 Å². The lowest BCUT2D eigenvalue weighted by Gasteiger charge is -2.32. The van der Waals surface area contributed by atoms with Crippen LogP contribution < -0.4 is 15.8 Å². The van der Waals surface area contributed by atoms with Crippen molar-refractivity contribution in [3.8, 4) is 5.88 Å². The van der Waals surface area contributed by atoms with E-state index in [9.17, 15) is 0 Å². The fourth-order valence-corrected chi connectivity index (χ4v) is 2.27. The average Bonchev–Trinajstić information content (AvgIpc) is 2.69. The Labute approximate surface area is 138 Å². The number of hydrogen-bond donors (Lipinski definition) is 2. The lowest BCUT2D eigenvalue weighted by atomic mass is 9.77. The molecule has 1 fully saturated rings. The summed E-state index contributed by atoms with van der Waals surface area (Å²) in [5.41, 5.74) is 7.40. The molecule has 1 aliphatic rings. The Morgan fingerprint density at radius 3 is 2.43 bits per heavy atom. The van der Waals surface area contributed by atoms with Crippen LogP contribution in [0.3, 0.4) is 0 Å². The lowest BCUT2D eigenvalue weighted by Crippen LogP contribution is -2.41. The van der Waals surface area contributed by atoms with Crippen LogP contribution in [0.1, 0.15) is 33.4 Å². The Kier molecular flexibility index (Phi) is 5.03. The van der Waals surface area contributed by atoms with Crippen molar-refractivity contribution < 1.29 is 14.0 Å². The van der Waals surface area contributed by atoms with Gasteiger partial charge < -0.3 is 25.1 Å². The topological polar surface area (TPSA) is 78.6 Å². The van der Waals surface area contributed by atoms with Crippen LogP contribution in [0.4, 0.5) is 5.69 Å². The highest BCUT2D eigenvalue weighted by atomic mass is 16.7. The van der Waals surface area contributed by atoms with Crippen molar-refractivity contribution in [3.63, 3.8) is 0 Å². The summed E-state index contributed by atoms with van der Waals surface area (Å²) in [5, 5.41) is 3.14. The molecule has 6 nitrogen and oxygen atoms in total. The first-order valence-corrected chi connectivity index (χ1v) is 7.71. The molecular formula is C16H26BN3O3. The maximum atomic E-state index is 6.12. The molecule has 0 radical (unpaired) electrons. The molecule has 0 atom stereocenters. The molecule has 2 rings (SSSR count). The standard InChI is InChI=1S/C16H26BN3O3/c1-15(2)16(3,4)23-17(22-15)11(10-19-5)9-13-12(18)7-8-14(20-13)21-6/h7-9,19H,10,18H2,1-6H3. The second-order valence-corrected chi connectivity index (χ2v) is 6.67. The molecule has 0 spiro atoms. The largest absolute Gasteiger partial charge is 0.491 e. The summed E-state index contributed by atoms with van der Waals surface area (Å²) in [6, 6.07) is 3.51. The Hall–Kier alpha value is -1.57. The van der Waals surface area contributed by atoms with Crippen LogP contribution in [0, 0.1) is 0 Å². The number of pyridine rings is 1. The maximum Gasteiger partial charge on any atom is 0.491 e. The third kappa shape index (κ3) is 3.68. The van der Waals surface area contributed by atoms with E-state index in [1.807, 2.05) is 40.8 Å². The molecule has 1 aromatic heterocycles. The Balaban J connectivity index is 2.36. The van der Waals surface area contributed by atoms with Gasteiger partial charge >= 0.3 is 7.12 Å². The summed E-state index contributed by atoms with van der Waals surface area (Å²) in [4.78, 5) is 4.39. The summed E-state index contributed by atoms with van der Waals surface area (Å²) in [6.07, 6.45) is 1.90. The number of hydrogen-bond acceptors (Lipinski definition) is 6. The minimum Gasteiger partial charge on any atom is -0.481 e. The Bertz CT molecular complexity index is 586. The van der Waals surface area contributed by atoms with Gasteiger partial charge in [-0.3, -0.25) is 0 Å². The van der Waals surface area contributed by atoms with Crippen LogP contribution in [-0.4, -0.2) is 44.0 Å². The van der Waals surface area contributed by atoms with Crippen LogP contribution in [0.5, 0.6) is 5.88 Å². The minimum absolute atomic E-state index is 0.391. The van der Waals surface area contributed by atoms with Crippen LogP contribution in [0.25, 0.3) is 6.08 Å². The molecule has 0 bridgehead atoms. The number of nitrogen functional groups attached to an aromatic ring is 1. The summed E-state index contributed by atoms with van der Waals surface area (Å²) in [7, 11) is 3.01. The highest BCUT2D eigenvalue weighted by Crippen LogP contribution is 2.38. The number of nitrogens with zero attached hydrogens (tertiary/aromatic N) is 1. The van der Waals surface area contributed by atoms with Crippen molar-refractivity contribution in [1.82, 2.24) is 10.3 Å². The number of methoxy groups -OCH3 is 1. The van der Waals surface area contributed by atoms with Gasteiger partial charge in [0.25, 0.3) is 0 Å². The predicted octanol–water partition coefficient (Wildman–Crippen LogP) is 1.91. The smallest absolute Gasteiger partial charge is 0.481 e. The molecule has 0 aliphatic carbocycles. The normalized spacial score (nSPS) is 19.9. The van der Waals surface area contributed by atoms with Gasteiger partial charge in [-0.05, 0) is 52.4 Å². The number of rotatable bonds is 5. The molecule has 1 aliphatic heterocycles. The molecule has 126 valence electrons. The molecular weight excluding hydrogens is 293 g/mol. The zero-order chi connectivity index (χ0) is 17.3. The molecule has 0 aromatic carbocycles. The highest BCUT2D eigenvalue weighted by molar-refractivity contribution is 6.56. The van der Waals surface area contributed by atoms with Gasteiger partial charge in [-0.25, -0.2) is 4.98 Å². The van der Waals surface area contributed by atoms with Crippen molar-refractivity contribution in [2.45, 2.75) is 38.9 Å². The van der Waals surface area contributed by atoms with Gasteiger partial charge in [0.15, 0.2) is 0 Å². The van der Waals surface area contributed by atoms with Crippen molar-refractivity contribution in [3.05, 3.63) is 23.3 Å². The molecule has 2 heterocycles. The number of anilines is 1. The van der Waals surface area contributed by atoms with Crippen LogP contribution in [0.15, 0.2) is 17.6 Å². The SMILES string of the molecule is CNCC(=Cc1nc(OC)ccc1N)B1OC(C)(C)C(C)(C)O1. The monoisotopic (exact) mass is 319 g/mol. The van der Waals surface area contributed by atoms with E-state index in [1.165, 1.54) is 0 Å². The predicted molar refractivity (Wildman–Crippen MR) is 93.2 cm³/mol. The van der Waals surface area contributed by atoms with Gasteiger partial charge in [-0.2, -0.15) is 0 Å². The Morgan fingerprint density at radius 2 is 1.91 bits per heavy atom. The van der Waals surface area contributed by atoms with Gasteiger partial charge in [0.2, 0.25) is 5.88 Å². The summed E-state index contributed by atoms with van der Waals surface area (Å²) < 4.78 is 17.4. The van der Waals surface area contributed by atoms with E-state index in [1.54, 1.807) is 19.2 Å². The van der Waals surface area contributed by atoms with Gasteiger partial charge in [-0.15, -0.1) is 0 Å². The van der Waals surface area contributed by atoms with Crippen LogP contribution >= 0.6 is 0 Å². The van der Waals surface area contributed by atoms with E-state index in [0.29, 0.717) is 23.8 Å². The Morgan fingerprint density at radius 1 is 1.30 bits per heavy atom. The van der Waals surface area contributed by atoms with E-state index in [0.717, 1.165) is 5.47 Å². The average molecular weight is 319 g/mol. The number of likely N-dealkylation sites (N-methyl/N-ethyl adjacent to an activating group) is 1.